The molecule has 1 saturated heterocycles. The number of hydrogen-bond donors (Lipinski definition) is 3. The van der Waals surface area contributed by atoms with Crippen molar-refractivity contribution in [2.75, 3.05) is 11.9 Å². The summed E-state index contributed by atoms with van der Waals surface area (Å²) >= 11 is 0. The lowest BCUT2D eigenvalue weighted by Gasteiger charge is -2.28. The molecule has 1 spiro atoms. The van der Waals surface area contributed by atoms with Crippen molar-refractivity contribution < 1.29 is 19.6 Å². The van der Waals surface area contributed by atoms with Crippen molar-refractivity contribution in [2.45, 2.75) is 57.9 Å². The Morgan fingerprint density at radius 3 is 2.79 bits per heavy atom. The first-order valence-electron chi connectivity index (χ1n) is 9.80. The average molecular weight is 389 g/mol. The number of aromatic nitrogens is 2. The fourth-order valence-corrected chi connectivity index (χ4v) is 3.91. The number of amides is 3. The van der Waals surface area contributed by atoms with Crippen molar-refractivity contribution in [3.63, 3.8) is 0 Å². The zero-order chi connectivity index (χ0) is 20.1. The van der Waals surface area contributed by atoms with Gasteiger partial charge < -0.3 is 10.2 Å². The van der Waals surface area contributed by atoms with Gasteiger partial charge in [0, 0.05) is 25.1 Å². The molecule has 3 rings (SSSR count). The number of carbonyl (C=O) groups is 3. The van der Waals surface area contributed by atoms with Crippen LogP contribution in [0.4, 0.5) is 5.82 Å². The van der Waals surface area contributed by atoms with E-state index in [1.165, 1.54) is 6.20 Å². The van der Waals surface area contributed by atoms with E-state index in [2.05, 4.69) is 15.5 Å². The minimum absolute atomic E-state index is 0.0224. The van der Waals surface area contributed by atoms with E-state index in [1.54, 1.807) is 22.5 Å². The van der Waals surface area contributed by atoms with Crippen LogP contribution in [-0.4, -0.2) is 50.6 Å². The summed E-state index contributed by atoms with van der Waals surface area (Å²) in [5.41, 5.74) is 1.63. The van der Waals surface area contributed by atoms with E-state index in [1.807, 2.05) is 6.92 Å². The summed E-state index contributed by atoms with van der Waals surface area (Å²) in [4.78, 5) is 39.4. The maximum Gasteiger partial charge on any atom is 0.248 e. The lowest BCUT2D eigenvalue weighted by molar-refractivity contribution is -0.143. The molecule has 9 nitrogen and oxygen atoms in total. The van der Waals surface area contributed by atoms with Gasteiger partial charge in [0.15, 0.2) is 5.82 Å². The van der Waals surface area contributed by atoms with Crippen LogP contribution in [-0.2, 0) is 14.4 Å². The molecule has 1 aliphatic carbocycles. The summed E-state index contributed by atoms with van der Waals surface area (Å²) in [5.74, 6) is -1.26. The number of rotatable bonds is 8. The van der Waals surface area contributed by atoms with E-state index in [-0.39, 0.29) is 23.7 Å². The molecule has 2 aliphatic rings. The second-order valence-corrected chi connectivity index (χ2v) is 7.86. The lowest BCUT2D eigenvalue weighted by atomic mass is 9.96. The van der Waals surface area contributed by atoms with Crippen molar-refractivity contribution in [1.82, 2.24) is 20.6 Å². The number of carbonyl (C=O) groups excluding carboxylic acids is 3. The molecule has 3 amide bonds. The summed E-state index contributed by atoms with van der Waals surface area (Å²) in [6, 6.07) is 2.74. The molecule has 1 aromatic rings. The maximum absolute atomic E-state index is 13.2. The summed E-state index contributed by atoms with van der Waals surface area (Å²) < 4.78 is 0. The Bertz CT molecular complexity index is 722. The highest BCUT2D eigenvalue weighted by atomic mass is 16.5. The Morgan fingerprint density at radius 2 is 2.18 bits per heavy atom. The number of hydrogen-bond acceptors (Lipinski definition) is 6. The molecule has 2 heterocycles. The first-order valence-corrected chi connectivity index (χ1v) is 9.80. The van der Waals surface area contributed by atoms with Crippen molar-refractivity contribution in [3.05, 3.63) is 18.3 Å². The molecule has 1 aliphatic heterocycles. The van der Waals surface area contributed by atoms with E-state index >= 15 is 0 Å². The number of nitrogens with zero attached hydrogens (tertiary/aromatic N) is 3. The summed E-state index contributed by atoms with van der Waals surface area (Å²) in [6.07, 6.45) is 6.30. The van der Waals surface area contributed by atoms with Crippen LogP contribution in [0.2, 0.25) is 0 Å². The van der Waals surface area contributed by atoms with Gasteiger partial charge in [-0.1, -0.05) is 19.8 Å². The third-order valence-corrected chi connectivity index (χ3v) is 5.69. The number of hydroxylamine groups is 1. The van der Waals surface area contributed by atoms with Gasteiger partial charge in [-0.15, -0.1) is 5.10 Å². The van der Waals surface area contributed by atoms with Gasteiger partial charge in [0.1, 0.15) is 6.04 Å². The number of nitrogens with one attached hydrogen (secondary N) is 2. The third kappa shape index (κ3) is 4.64. The zero-order valence-electron chi connectivity index (χ0n) is 16.1. The van der Waals surface area contributed by atoms with Crippen LogP contribution in [0.5, 0.6) is 0 Å². The van der Waals surface area contributed by atoms with Gasteiger partial charge in [-0.2, -0.15) is 5.10 Å². The summed E-state index contributed by atoms with van der Waals surface area (Å²) in [7, 11) is 0. The van der Waals surface area contributed by atoms with E-state index in [9.17, 15) is 14.4 Å². The molecular weight excluding hydrogens is 362 g/mol. The topological polar surface area (TPSA) is 125 Å². The van der Waals surface area contributed by atoms with Crippen LogP contribution in [0.25, 0.3) is 0 Å². The fourth-order valence-electron chi connectivity index (χ4n) is 3.91. The van der Waals surface area contributed by atoms with Gasteiger partial charge in [0.05, 0.1) is 0 Å². The molecule has 0 bridgehead atoms. The quantitative estimate of drug-likeness (QED) is 0.457. The van der Waals surface area contributed by atoms with Crippen LogP contribution in [0.3, 0.4) is 0 Å². The van der Waals surface area contributed by atoms with Crippen LogP contribution in [0.15, 0.2) is 18.3 Å². The van der Waals surface area contributed by atoms with Crippen LogP contribution >= 0.6 is 0 Å². The van der Waals surface area contributed by atoms with Gasteiger partial charge in [-0.25, -0.2) is 5.48 Å². The highest BCUT2D eigenvalue weighted by Crippen LogP contribution is 2.55. The van der Waals surface area contributed by atoms with Gasteiger partial charge in [0.25, 0.3) is 0 Å². The van der Waals surface area contributed by atoms with Crippen molar-refractivity contribution in [1.29, 1.82) is 0 Å². The molecule has 2 fully saturated rings. The fraction of sp³-hybridized carbons (Fsp3) is 0.632. The molecule has 28 heavy (non-hydrogen) atoms. The Kier molecular flexibility index (Phi) is 6.23. The molecule has 0 aromatic carbocycles. The molecule has 152 valence electrons. The zero-order valence-corrected chi connectivity index (χ0v) is 16.1. The van der Waals surface area contributed by atoms with Gasteiger partial charge in [-0.3, -0.25) is 19.6 Å². The summed E-state index contributed by atoms with van der Waals surface area (Å²) in [5, 5.41) is 19.2. The molecule has 2 unspecified atom stereocenters. The summed E-state index contributed by atoms with van der Waals surface area (Å²) in [6.45, 7) is 2.55. The molecule has 3 N–H and O–H groups in total. The Morgan fingerprint density at radius 1 is 1.39 bits per heavy atom. The Labute approximate surface area is 163 Å². The van der Waals surface area contributed by atoms with Crippen LogP contribution in [0, 0.1) is 11.3 Å². The van der Waals surface area contributed by atoms with E-state index in [0.717, 1.165) is 25.7 Å². The number of anilines is 1. The van der Waals surface area contributed by atoms with Crippen molar-refractivity contribution in [3.8, 4) is 0 Å². The predicted octanol–water partition coefficient (Wildman–Crippen LogP) is 1.50. The molecule has 0 radical (unpaired) electrons. The lowest BCUT2D eigenvalue weighted by Crippen LogP contribution is -2.46. The van der Waals surface area contributed by atoms with Crippen molar-refractivity contribution >= 4 is 23.5 Å². The molecule has 1 saturated carbocycles. The first-order chi connectivity index (χ1) is 13.5. The number of likely N-dealkylation sites (tertiary alicyclic amines) is 1. The molecule has 2 atom stereocenters. The van der Waals surface area contributed by atoms with Gasteiger partial charge in [-0.05, 0) is 43.2 Å². The Balaban J connectivity index is 1.74. The van der Waals surface area contributed by atoms with Crippen LogP contribution in [0.1, 0.15) is 51.9 Å². The van der Waals surface area contributed by atoms with Gasteiger partial charge in [0.2, 0.25) is 17.7 Å². The largest absolute Gasteiger partial charge is 0.330 e. The monoisotopic (exact) mass is 389 g/mol. The average Bonchev–Trinajstić information content (AvgIpc) is 3.35. The number of unbranched alkanes of at least 4 members (excludes halogenated alkanes) is 1. The second kappa shape index (κ2) is 8.64. The highest BCUT2D eigenvalue weighted by Gasteiger charge is 2.55. The molecule has 9 heteroatoms. The SMILES string of the molecule is CCCCC(CC(=O)NO)C(=O)N1CC2(CC2)CC1C(=O)Nc1cccnn1. The van der Waals surface area contributed by atoms with E-state index in [4.69, 9.17) is 5.21 Å². The molecule has 1 aromatic heterocycles. The highest BCUT2D eigenvalue weighted by molar-refractivity contribution is 5.98. The smallest absolute Gasteiger partial charge is 0.248 e. The minimum Gasteiger partial charge on any atom is -0.330 e. The normalized spacial score (nSPS) is 20.6. The van der Waals surface area contributed by atoms with Crippen LogP contribution < -0.4 is 10.8 Å². The first kappa shape index (κ1) is 20.2. The van der Waals surface area contributed by atoms with E-state index < -0.39 is 17.9 Å². The molecular formula is C19H27N5O4. The standard InChI is InChI=1S/C19H27N5O4/c1-2-3-5-13(10-16(25)23-28)18(27)24-12-19(7-8-19)11-14(24)17(26)21-15-6-4-9-20-22-15/h4,6,9,13-14,28H,2-3,5,7-8,10-12H2,1H3,(H,23,25)(H,21,22,26). The predicted molar refractivity (Wildman–Crippen MR) is 100 cm³/mol. The van der Waals surface area contributed by atoms with E-state index in [0.29, 0.717) is 25.2 Å². The van der Waals surface area contributed by atoms with Crippen molar-refractivity contribution in [2.24, 2.45) is 11.3 Å². The minimum atomic E-state index is -0.588. The second-order valence-electron chi connectivity index (χ2n) is 7.86. The van der Waals surface area contributed by atoms with Gasteiger partial charge >= 0.3 is 0 Å². The maximum atomic E-state index is 13.2. The Hall–Kier alpha value is -2.55. The third-order valence-electron chi connectivity index (χ3n) is 5.69.